The minimum absolute atomic E-state index is 0.0457. The van der Waals surface area contributed by atoms with Crippen LogP contribution in [0.2, 0.25) is 0 Å². The largest absolute Gasteiger partial charge is 0.507 e. The fourth-order valence-corrected chi connectivity index (χ4v) is 4.46. The summed E-state index contributed by atoms with van der Waals surface area (Å²) in [6.45, 7) is 2.48. The second-order valence-electron chi connectivity index (χ2n) is 8.31. The molecule has 0 radical (unpaired) electrons. The molecular weight excluding hydrogens is 474 g/mol. The van der Waals surface area contributed by atoms with E-state index in [9.17, 15) is 14.7 Å². The van der Waals surface area contributed by atoms with Crippen LogP contribution in [0.4, 0.5) is 0 Å². The van der Waals surface area contributed by atoms with Crippen molar-refractivity contribution in [2.24, 2.45) is 0 Å². The summed E-state index contributed by atoms with van der Waals surface area (Å²) in [6, 6.07) is 18.4. The average Bonchev–Trinajstić information content (AvgIpc) is 3.18. The number of benzene rings is 3. The molecule has 1 unspecified atom stereocenters. The highest BCUT2D eigenvalue weighted by molar-refractivity contribution is 6.46. The number of carbonyl (C=O) groups is 2. The van der Waals surface area contributed by atoms with Gasteiger partial charge in [0.1, 0.15) is 28.8 Å². The zero-order valence-electron chi connectivity index (χ0n) is 21.2. The molecule has 192 valence electrons. The van der Waals surface area contributed by atoms with E-state index < -0.39 is 17.7 Å². The Hall–Kier alpha value is -4.46. The zero-order chi connectivity index (χ0) is 26.5. The molecule has 1 fully saturated rings. The topological polar surface area (TPSA) is 94.5 Å². The Balaban J connectivity index is 1.90. The molecule has 8 heteroatoms. The van der Waals surface area contributed by atoms with E-state index in [2.05, 4.69) is 0 Å². The molecule has 1 N–H and O–H groups in total. The molecule has 1 aliphatic heterocycles. The molecule has 0 spiro atoms. The summed E-state index contributed by atoms with van der Waals surface area (Å²) in [6.07, 6.45) is 0. The summed E-state index contributed by atoms with van der Waals surface area (Å²) in [5.41, 5.74) is 1.56. The zero-order valence-corrected chi connectivity index (χ0v) is 21.2. The maximum Gasteiger partial charge on any atom is 0.295 e. The molecule has 1 amide bonds. The Morgan fingerprint density at radius 3 is 2.19 bits per heavy atom. The predicted molar refractivity (Wildman–Crippen MR) is 138 cm³/mol. The fourth-order valence-electron chi connectivity index (χ4n) is 4.46. The first kappa shape index (κ1) is 25.6. The minimum Gasteiger partial charge on any atom is -0.507 e. The molecule has 0 saturated carbocycles. The second kappa shape index (κ2) is 11.1. The highest BCUT2D eigenvalue weighted by Crippen LogP contribution is 2.43. The van der Waals surface area contributed by atoms with Crippen LogP contribution in [0.5, 0.6) is 23.0 Å². The van der Waals surface area contributed by atoms with Crippen LogP contribution in [0.3, 0.4) is 0 Å². The van der Waals surface area contributed by atoms with Gasteiger partial charge in [0.25, 0.3) is 11.7 Å². The van der Waals surface area contributed by atoms with Crippen molar-refractivity contribution < 1.29 is 33.6 Å². The molecule has 1 saturated heterocycles. The maximum absolute atomic E-state index is 13.4. The minimum atomic E-state index is -0.864. The lowest BCUT2D eigenvalue weighted by atomic mass is 9.94. The number of ether oxygens (including phenoxy) is 4. The predicted octanol–water partition coefficient (Wildman–Crippen LogP) is 4.73. The number of aliphatic hydroxyl groups excluding tert-OH is 1. The van der Waals surface area contributed by atoms with Crippen LogP contribution >= 0.6 is 0 Å². The third kappa shape index (κ3) is 4.95. The number of ketones is 1. The van der Waals surface area contributed by atoms with Gasteiger partial charge in [-0.25, -0.2) is 0 Å². The Morgan fingerprint density at radius 1 is 0.865 bits per heavy atom. The summed E-state index contributed by atoms with van der Waals surface area (Å²) in [7, 11) is 4.51. The van der Waals surface area contributed by atoms with Gasteiger partial charge in [-0.3, -0.25) is 9.59 Å². The van der Waals surface area contributed by atoms with Gasteiger partial charge in [-0.2, -0.15) is 0 Å². The molecule has 1 atom stereocenters. The van der Waals surface area contributed by atoms with Gasteiger partial charge in [0, 0.05) is 5.56 Å². The third-order valence-corrected chi connectivity index (χ3v) is 6.24. The molecule has 0 bridgehead atoms. The van der Waals surface area contributed by atoms with Crippen molar-refractivity contribution in [3.8, 4) is 23.0 Å². The second-order valence-corrected chi connectivity index (χ2v) is 8.31. The van der Waals surface area contributed by atoms with Gasteiger partial charge < -0.3 is 29.0 Å². The SMILES string of the molecule is CCOc1ccc(C2/C(=C(\O)c3cc(OC)ccc3OC)C(=O)C(=O)N2Cc2ccccc2OC)cc1. The molecule has 1 aliphatic rings. The van der Waals surface area contributed by atoms with Crippen molar-refractivity contribution in [2.75, 3.05) is 27.9 Å². The summed E-state index contributed by atoms with van der Waals surface area (Å²) < 4.78 is 21.8. The summed E-state index contributed by atoms with van der Waals surface area (Å²) >= 11 is 0. The van der Waals surface area contributed by atoms with E-state index in [1.807, 2.05) is 25.1 Å². The Bertz CT molecular complexity index is 1330. The highest BCUT2D eigenvalue weighted by Gasteiger charge is 2.46. The molecule has 0 aromatic heterocycles. The van der Waals surface area contributed by atoms with Crippen molar-refractivity contribution in [1.29, 1.82) is 0 Å². The number of amides is 1. The van der Waals surface area contributed by atoms with Crippen LogP contribution in [0.15, 0.2) is 72.3 Å². The number of para-hydroxylation sites is 1. The van der Waals surface area contributed by atoms with E-state index in [0.717, 1.165) is 5.56 Å². The molecule has 37 heavy (non-hydrogen) atoms. The van der Waals surface area contributed by atoms with Crippen LogP contribution < -0.4 is 18.9 Å². The molecule has 1 heterocycles. The Morgan fingerprint density at radius 2 is 1.54 bits per heavy atom. The molecule has 4 rings (SSSR count). The average molecular weight is 504 g/mol. The van der Waals surface area contributed by atoms with Gasteiger partial charge in [-0.05, 0) is 48.9 Å². The van der Waals surface area contributed by atoms with Gasteiger partial charge in [0.15, 0.2) is 0 Å². The molecule has 8 nitrogen and oxygen atoms in total. The van der Waals surface area contributed by atoms with Crippen LogP contribution in [-0.2, 0) is 16.1 Å². The normalized spacial score (nSPS) is 16.5. The number of likely N-dealkylation sites (tertiary alicyclic amines) is 1. The van der Waals surface area contributed by atoms with Crippen LogP contribution in [0.25, 0.3) is 5.76 Å². The standard InChI is InChI=1S/C29H29NO7/c1-5-37-20-12-10-18(11-13-20)26-25(27(31)22-16-21(34-2)14-15-24(22)36-4)28(32)29(33)30(26)17-19-8-6-7-9-23(19)35-3/h6-16,26,31H,5,17H2,1-4H3/b27-25+. The van der Waals surface area contributed by atoms with Crippen molar-refractivity contribution in [1.82, 2.24) is 4.90 Å². The van der Waals surface area contributed by atoms with E-state index >= 15 is 0 Å². The monoisotopic (exact) mass is 503 g/mol. The number of methoxy groups -OCH3 is 3. The lowest BCUT2D eigenvalue weighted by molar-refractivity contribution is -0.140. The van der Waals surface area contributed by atoms with Gasteiger partial charge in [0.2, 0.25) is 0 Å². The molecule has 3 aromatic carbocycles. The van der Waals surface area contributed by atoms with Crippen molar-refractivity contribution >= 4 is 17.4 Å². The summed E-state index contributed by atoms with van der Waals surface area (Å²) in [5, 5.41) is 11.5. The van der Waals surface area contributed by atoms with E-state index in [-0.39, 0.29) is 23.4 Å². The lowest BCUT2D eigenvalue weighted by Gasteiger charge is -2.26. The first-order chi connectivity index (χ1) is 17.9. The first-order valence-electron chi connectivity index (χ1n) is 11.8. The maximum atomic E-state index is 13.4. The number of nitrogens with zero attached hydrogens (tertiary/aromatic N) is 1. The van der Waals surface area contributed by atoms with Gasteiger partial charge in [-0.1, -0.05) is 30.3 Å². The van der Waals surface area contributed by atoms with E-state index in [1.165, 1.54) is 19.1 Å². The quantitative estimate of drug-likeness (QED) is 0.256. The lowest BCUT2D eigenvalue weighted by Crippen LogP contribution is -2.29. The third-order valence-electron chi connectivity index (χ3n) is 6.24. The first-order valence-corrected chi connectivity index (χ1v) is 11.8. The molecular formula is C29H29NO7. The smallest absolute Gasteiger partial charge is 0.295 e. The summed E-state index contributed by atoms with van der Waals surface area (Å²) in [5.74, 6) is 0.162. The van der Waals surface area contributed by atoms with Gasteiger partial charge in [0.05, 0.1) is 51.7 Å². The van der Waals surface area contributed by atoms with Crippen molar-refractivity contribution in [2.45, 2.75) is 19.5 Å². The number of hydrogen-bond donors (Lipinski definition) is 1. The number of rotatable bonds is 9. The van der Waals surface area contributed by atoms with E-state index in [1.54, 1.807) is 55.6 Å². The van der Waals surface area contributed by atoms with Crippen LogP contribution in [0.1, 0.15) is 29.7 Å². The highest BCUT2D eigenvalue weighted by atomic mass is 16.5. The van der Waals surface area contributed by atoms with Crippen molar-refractivity contribution in [3.05, 3.63) is 89.0 Å². The number of hydrogen-bond acceptors (Lipinski definition) is 7. The fraction of sp³-hybridized carbons (Fsp3) is 0.241. The van der Waals surface area contributed by atoms with Gasteiger partial charge >= 0.3 is 0 Å². The van der Waals surface area contributed by atoms with Crippen LogP contribution in [0, 0.1) is 0 Å². The van der Waals surface area contributed by atoms with E-state index in [4.69, 9.17) is 18.9 Å². The number of carbonyl (C=O) groups excluding carboxylic acids is 2. The van der Waals surface area contributed by atoms with Gasteiger partial charge in [-0.15, -0.1) is 0 Å². The Kier molecular flexibility index (Phi) is 7.67. The number of aliphatic hydroxyl groups is 1. The molecule has 3 aromatic rings. The van der Waals surface area contributed by atoms with Crippen molar-refractivity contribution in [3.63, 3.8) is 0 Å². The summed E-state index contributed by atoms with van der Waals surface area (Å²) in [4.78, 5) is 28.3. The number of Topliss-reactive ketones (excluding diaryl/α,β-unsaturated/α-hetero) is 1. The Labute approximate surface area is 215 Å². The van der Waals surface area contributed by atoms with E-state index in [0.29, 0.717) is 35.2 Å². The molecule has 0 aliphatic carbocycles. The van der Waals surface area contributed by atoms with Crippen LogP contribution in [-0.4, -0.2) is 49.6 Å².